The molecule has 13 N–H and O–H groups in total. The lowest BCUT2D eigenvalue weighted by atomic mass is 10.1. The molecule has 10 nitrogen and oxygen atoms in total. The molecule has 0 saturated carbocycles. The summed E-state index contributed by atoms with van der Waals surface area (Å²) in [4.78, 5) is 1.24. The first-order valence-electron chi connectivity index (χ1n) is 5.52. The van der Waals surface area contributed by atoms with Gasteiger partial charge in [-0.05, 0) is 0 Å². The van der Waals surface area contributed by atoms with Gasteiger partial charge >= 0.3 is 0 Å². The molecule has 1 saturated heterocycles. The number of ether oxygens (including phenoxy) is 1. The zero-order valence-corrected chi connectivity index (χ0v) is 10.9. The van der Waals surface area contributed by atoms with Gasteiger partial charge < -0.3 is 42.2 Å². The number of nitrogens with zero attached hydrogens (tertiary/aromatic N) is 1. The number of hydrogen-bond acceptors (Lipinski definition) is 10. The van der Waals surface area contributed by atoms with Gasteiger partial charge in [0.15, 0.2) is 6.23 Å². The van der Waals surface area contributed by atoms with Crippen molar-refractivity contribution in [3.05, 3.63) is 10.9 Å². The van der Waals surface area contributed by atoms with E-state index in [1.165, 1.54) is 4.90 Å². The minimum atomic E-state index is -2.50. The van der Waals surface area contributed by atoms with E-state index in [0.717, 1.165) is 0 Å². The topological polar surface area (TPSA) is 203 Å². The molecular formula is C8H20N6O4S. The molecule has 2 aliphatic heterocycles. The maximum absolute atomic E-state index is 9.94. The summed E-state index contributed by atoms with van der Waals surface area (Å²) in [5, 5.41) is 40.4. The Labute approximate surface area is 111 Å². The molecule has 11 heteroatoms. The highest BCUT2D eigenvalue weighted by molar-refractivity contribution is 8.33. The van der Waals surface area contributed by atoms with Crippen LogP contribution in [0.2, 0.25) is 0 Å². The van der Waals surface area contributed by atoms with E-state index in [9.17, 15) is 10.2 Å². The molecule has 0 radical (unpaired) electrons. The van der Waals surface area contributed by atoms with E-state index < -0.39 is 47.0 Å². The van der Waals surface area contributed by atoms with Gasteiger partial charge in [0.2, 0.25) is 0 Å². The van der Waals surface area contributed by atoms with Crippen LogP contribution in [-0.4, -0.2) is 56.9 Å². The standard InChI is InChI=1S/C8H20N6O4S/c9-5-6(10)19(12,13)8(11)14(5)7-4(17)3(16)2(1-15)18-7/h2-4,7-8,15-17H,1,9-13H2/t2-,3-,4-,7-,8?/m1/s1. The maximum Gasteiger partial charge on any atom is 0.162 e. The number of hydrogen-bond donors (Lipinski definition) is 8. The smallest absolute Gasteiger partial charge is 0.162 e. The van der Waals surface area contributed by atoms with E-state index in [-0.39, 0.29) is 10.9 Å². The quantitative estimate of drug-likeness (QED) is 0.245. The van der Waals surface area contributed by atoms with Crippen molar-refractivity contribution in [2.24, 2.45) is 27.5 Å². The fourth-order valence-corrected chi connectivity index (χ4v) is 3.49. The van der Waals surface area contributed by atoms with Crippen LogP contribution in [0.1, 0.15) is 0 Å². The van der Waals surface area contributed by atoms with Crippen LogP contribution in [0.25, 0.3) is 0 Å². The average Bonchev–Trinajstić information content (AvgIpc) is 2.72. The molecule has 0 aromatic rings. The number of rotatable bonds is 2. The second-order valence-corrected chi connectivity index (χ2v) is 6.98. The molecular weight excluding hydrogens is 276 g/mol. The van der Waals surface area contributed by atoms with Crippen molar-refractivity contribution in [1.82, 2.24) is 4.90 Å². The van der Waals surface area contributed by atoms with Crippen molar-refractivity contribution in [2.45, 2.75) is 30.0 Å². The molecule has 2 aliphatic rings. The highest BCUT2D eigenvalue weighted by atomic mass is 32.3. The fourth-order valence-electron chi connectivity index (χ4n) is 2.16. The Kier molecular flexibility index (Phi) is 3.57. The van der Waals surface area contributed by atoms with Crippen LogP contribution in [0.3, 0.4) is 0 Å². The van der Waals surface area contributed by atoms with Crippen LogP contribution >= 0.6 is 10.4 Å². The first kappa shape index (κ1) is 14.6. The van der Waals surface area contributed by atoms with Crippen molar-refractivity contribution >= 4 is 10.4 Å². The Hall–Kier alpha value is -0.790. The molecule has 2 rings (SSSR count). The van der Waals surface area contributed by atoms with Crippen LogP contribution in [-0.2, 0) is 4.74 Å². The van der Waals surface area contributed by atoms with E-state index in [2.05, 4.69) is 0 Å². The van der Waals surface area contributed by atoms with Crippen molar-refractivity contribution in [2.75, 3.05) is 6.61 Å². The van der Waals surface area contributed by atoms with E-state index in [0.29, 0.717) is 0 Å². The Balaban J connectivity index is 2.29. The minimum absolute atomic E-state index is 0.0161. The number of nitrogens with two attached hydrogens (primary N) is 5. The van der Waals surface area contributed by atoms with Gasteiger partial charge in [0.1, 0.15) is 34.7 Å². The Bertz CT molecular complexity index is 407. The summed E-state index contributed by atoms with van der Waals surface area (Å²) in [6.45, 7) is -0.458. The van der Waals surface area contributed by atoms with Gasteiger partial charge in [-0.3, -0.25) is 10.3 Å². The van der Waals surface area contributed by atoms with E-state index in [4.69, 9.17) is 37.3 Å². The van der Waals surface area contributed by atoms with Gasteiger partial charge in [-0.25, -0.2) is 0 Å². The van der Waals surface area contributed by atoms with Gasteiger partial charge in [-0.1, -0.05) is 10.4 Å². The third kappa shape index (κ3) is 1.95. The predicted molar refractivity (Wildman–Crippen MR) is 68.9 cm³/mol. The summed E-state index contributed by atoms with van der Waals surface area (Å²) >= 11 is 0. The molecule has 0 spiro atoms. The Morgan fingerprint density at radius 3 is 2.16 bits per heavy atom. The summed E-state index contributed by atoms with van der Waals surface area (Å²) in [6, 6.07) is 0. The SMILES string of the molecule is NC1=C(N)S(N)(N)C(N)N1[C@@H]1O[C@H](CO)[C@@H](O)[C@H]1O. The van der Waals surface area contributed by atoms with Crippen LogP contribution in [0.15, 0.2) is 10.9 Å². The first-order valence-corrected chi connectivity index (χ1v) is 7.35. The fraction of sp³-hybridized carbons (Fsp3) is 0.750. The summed E-state index contributed by atoms with van der Waals surface area (Å²) in [5.41, 5.74) is 16.5. The largest absolute Gasteiger partial charge is 0.394 e. The molecule has 0 aliphatic carbocycles. The summed E-state index contributed by atoms with van der Waals surface area (Å²) in [6.07, 6.45) is -4.59. The van der Waals surface area contributed by atoms with Gasteiger partial charge in [-0.2, -0.15) is 0 Å². The van der Waals surface area contributed by atoms with Crippen LogP contribution < -0.4 is 27.5 Å². The summed E-state index contributed by atoms with van der Waals surface area (Å²) in [7, 11) is -2.50. The van der Waals surface area contributed by atoms with Crippen molar-refractivity contribution in [3.8, 4) is 0 Å². The molecule has 112 valence electrons. The molecule has 0 amide bonds. The molecule has 1 unspecified atom stereocenters. The highest BCUT2D eigenvalue weighted by Gasteiger charge is 2.52. The summed E-state index contributed by atoms with van der Waals surface area (Å²) in [5.74, 6) is 0.0161. The molecule has 0 aromatic carbocycles. The van der Waals surface area contributed by atoms with Gasteiger partial charge in [0.05, 0.1) is 6.61 Å². The van der Waals surface area contributed by atoms with Crippen LogP contribution in [0.4, 0.5) is 0 Å². The van der Waals surface area contributed by atoms with E-state index in [1.807, 2.05) is 0 Å². The van der Waals surface area contributed by atoms with Crippen LogP contribution in [0.5, 0.6) is 0 Å². The third-order valence-corrected chi connectivity index (χ3v) is 5.37. The minimum Gasteiger partial charge on any atom is -0.394 e. The number of aliphatic hydroxyl groups is 3. The molecule has 0 bridgehead atoms. The highest BCUT2D eigenvalue weighted by Crippen LogP contribution is 2.50. The second kappa shape index (κ2) is 4.64. The summed E-state index contributed by atoms with van der Waals surface area (Å²) < 4.78 is 5.33. The zero-order valence-electron chi connectivity index (χ0n) is 10.1. The molecule has 19 heavy (non-hydrogen) atoms. The molecule has 0 aromatic heterocycles. The van der Waals surface area contributed by atoms with Crippen molar-refractivity contribution in [3.63, 3.8) is 0 Å². The van der Waals surface area contributed by atoms with Gasteiger partial charge in [0, 0.05) is 0 Å². The monoisotopic (exact) mass is 296 g/mol. The number of aliphatic hydroxyl groups excluding tert-OH is 3. The van der Waals surface area contributed by atoms with Gasteiger partial charge in [0.25, 0.3) is 0 Å². The zero-order chi connectivity index (χ0) is 14.5. The third-order valence-electron chi connectivity index (χ3n) is 3.38. The normalized spacial score (nSPS) is 43.9. The second-order valence-electron chi connectivity index (χ2n) is 4.54. The maximum atomic E-state index is 9.94. The lowest BCUT2D eigenvalue weighted by Crippen LogP contribution is -2.54. The van der Waals surface area contributed by atoms with E-state index in [1.54, 1.807) is 0 Å². The van der Waals surface area contributed by atoms with Gasteiger partial charge in [-0.15, -0.1) is 0 Å². The van der Waals surface area contributed by atoms with Crippen molar-refractivity contribution < 1.29 is 20.1 Å². The molecule has 2 heterocycles. The average molecular weight is 296 g/mol. The van der Waals surface area contributed by atoms with Crippen molar-refractivity contribution in [1.29, 1.82) is 0 Å². The lowest BCUT2D eigenvalue weighted by Gasteiger charge is -2.38. The molecule has 5 atom stereocenters. The molecule has 1 fully saturated rings. The first-order chi connectivity index (χ1) is 8.73. The lowest BCUT2D eigenvalue weighted by molar-refractivity contribution is -0.0873. The van der Waals surface area contributed by atoms with E-state index >= 15 is 0 Å². The Morgan fingerprint density at radius 2 is 1.79 bits per heavy atom. The predicted octanol–water partition coefficient (Wildman–Crippen LogP) is -4.42. The van der Waals surface area contributed by atoms with Crippen LogP contribution in [0, 0.1) is 0 Å². The Morgan fingerprint density at radius 1 is 1.21 bits per heavy atom.